The number of hydrogen-bond donors (Lipinski definition) is 1. The maximum atomic E-state index is 6.01. The van der Waals surface area contributed by atoms with E-state index in [2.05, 4.69) is 16.8 Å². The van der Waals surface area contributed by atoms with Crippen LogP contribution in [-0.4, -0.2) is 23.9 Å². The first kappa shape index (κ1) is 11.0. The zero-order valence-corrected chi connectivity index (χ0v) is 9.76. The number of guanidine groups is 1. The van der Waals surface area contributed by atoms with E-state index in [4.69, 9.17) is 5.73 Å². The molecule has 0 bridgehead atoms. The Kier molecular flexibility index (Phi) is 3.44. The fourth-order valence-electron chi connectivity index (χ4n) is 1.70. The molecular weight excluding hydrogens is 198 g/mol. The highest BCUT2D eigenvalue weighted by atomic mass is 15.2. The second-order valence-electron chi connectivity index (χ2n) is 4.29. The zero-order chi connectivity index (χ0) is 11.4. The highest BCUT2D eigenvalue weighted by molar-refractivity contribution is 5.81. The van der Waals surface area contributed by atoms with Crippen LogP contribution < -0.4 is 5.73 Å². The fourth-order valence-corrected chi connectivity index (χ4v) is 1.70. The average Bonchev–Trinajstić information content (AvgIpc) is 3.11. The lowest BCUT2D eigenvalue weighted by Gasteiger charge is -2.21. The number of nitrogens with two attached hydrogens (primary N) is 1. The third-order valence-corrected chi connectivity index (χ3v) is 2.88. The van der Waals surface area contributed by atoms with Crippen LogP contribution in [0.25, 0.3) is 0 Å². The van der Waals surface area contributed by atoms with Crippen molar-refractivity contribution in [3.8, 4) is 0 Å². The summed E-state index contributed by atoms with van der Waals surface area (Å²) in [5, 5.41) is 0. The first-order valence-corrected chi connectivity index (χ1v) is 5.93. The van der Waals surface area contributed by atoms with Crippen LogP contribution in [0.2, 0.25) is 0 Å². The lowest BCUT2D eigenvalue weighted by Crippen LogP contribution is -2.38. The van der Waals surface area contributed by atoms with Gasteiger partial charge in [0, 0.05) is 13.1 Å². The minimum Gasteiger partial charge on any atom is -0.369 e. The van der Waals surface area contributed by atoms with Crippen molar-refractivity contribution >= 4 is 11.6 Å². The number of nitrogens with zero attached hydrogens (tertiary/aromatic N) is 2. The van der Waals surface area contributed by atoms with Crippen molar-refractivity contribution in [1.82, 2.24) is 4.90 Å². The minimum atomic E-state index is 0.639. The van der Waals surface area contributed by atoms with Gasteiger partial charge >= 0.3 is 0 Å². The molecular formula is C13H19N3. The Morgan fingerprint density at radius 2 is 2.06 bits per heavy atom. The zero-order valence-electron chi connectivity index (χ0n) is 9.76. The van der Waals surface area contributed by atoms with Gasteiger partial charge in [0.15, 0.2) is 5.96 Å². The number of rotatable bonds is 4. The summed E-state index contributed by atoms with van der Waals surface area (Å²) in [6.45, 7) is 4.10. The number of aliphatic imine (C=N–C) groups is 1. The molecule has 0 saturated heterocycles. The van der Waals surface area contributed by atoms with Crippen LogP contribution in [0.5, 0.6) is 0 Å². The molecule has 2 rings (SSSR count). The summed E-state index contributed by atoms with van der Waals surface area (Å²) in [6, 6.07) is 9.87. The highest BCUT2D eigenvalue weighted by Crippen LogP contribution is 2.29. The normalized spacial score (nSPS) is 16.2. The van der Waals surface area contributed by atoms with Crippen molar-refractivity contribution < 1.29 is 0 Å². The predicted molar refractivity (Wildman–Crippen MR) is 67.7 cm³/mol. The summed E-state index contributed by atoms with van der Waals surface area (Å²) < 4.78 is 0. The molecule has 1 aliphatic carbocycles. The third-order valence-electron chi connectivity index (χ3n) is 2.88. The Morgan fingerprint density at radius 1 is 1.38 bits per heavy atom. The fraction of sp³-hybridized carbons (Fsp3) is 0.462. The van der Waals surface area contributed by atoms with E-state index in [0.29, 0.717) is 5.96 Å². The van der Waals surface area contributed by atoms with Crippen LogP contribution in [0, 0.1) is 5.92 Å². The second-order valence-corrected chi connectivity index (χ2v) is 4.29. The summed E-state index contributed by atoms with van der Waals surface area (Å²) in [5.74, 6) is 1.48. The van der Waals surface area contributed by atoms with E-state index in [-0.39, 0.29) is 0 Å². The summed E-state index contributed by atoms with van der Waals surface area (Å²) in [4.78, 5) is 6.59. The van der Waals surface area contributed by atoms with E-state index in [0.717, 1.165) is 24.7 Å². The monoisotopic (exact) mass is 217 g/mol. The summed E-state index contributed by atoms with van der Waals surface area (Å²) in [7, 11) is 0. The Hall–Kier alpha value is -1.51. The van der Waals surface area contributed by atoms with Crippen molar-refractivity contribution in [1.29, 1.82) is 0 Å². The van der Waals surface area contributed by atoms with Gasteiger partial charge in [0.05, 0.1) is 5.69 Å². The van der Waals surface area contributed by atoms with Crippen molar-refractivity contribution in [2.45, 2.75) is 19.8 Å². The van der Waals surface area contributed by atoms with Gasteiger partial charge in [0.1, 0.15) is 0 Å². The van der Waals surface area contributed by atoms with E-state index < -0.39 is 0 Å². The van der Waals surface area contributed by atoms with Crippen molar-refractivity contribution in [2.24, 2.45) is 16.6 Å². The van der Waals surface area contributed by atoms with Gasteiger partial charge in [-0.05, 0) is 37.8 Å². The number of hydrogen-bond acceptors (Lipinski definition) is 1. The Balaban J connectivity index is 2.03. The highest BCUT2D eigenvalue weighted by Gasteiger charge is 2.24. The molecule has 1 saturated carbocycles. The molecule has 0 aliphatic heterocycles. The van der Waals surface area contributed by atoms with E-state index in [1.807, 2.05) is 30.3 Å². The van der Waals surface area contributed by atoms with Gasteiger partial charge in [-0.2, -0.15) is 0 Å². The van der Waals surface area contributed by atoms with Crippen molar-refractivity contribution in [3.05, 3.63) is 30.3 Å². The van der Waals surface area contributed by atoms with Crippen molar-refractivity contribution in [2.75, 3.05) is 13.1 Å². The lowest BCUT2D eigenvalue weighted by atomic mass is 10.3. The van der Waals surface area contributed by atoms with Crippen LogP contribution >= 0.6 is 0 Å². The summed E-state index contributed by atoms with van der Waals surface area (Å²) >= 11 is 0. The van der Waals surface area contributed by atoms with Gasteiger partial charge in [-0.25, -0.2) is 4.99 Å². The molecule has 0 spiro atoms. The first-order chi connectivity index (χ1) is 7.79. The Labute approximate surface area is 97.0 Å². The lowest BCUT2D eigenvalue weighted by molar-refractivity contribution is 0.415. The molecule has 0 radical (unpaired) electrons. The summed E-state index contributed by atoms with van der Waals surface area (Å²) in [6.07, 6.45) is 2.68. The average molecular weight is 217 g/mol. The quantitative estimate of drug-likeness (QED) is 0.621. The summed E-state index contributed by atoms with van der Waals surface area (Å²) in [5.41, 5.74) is 6.94. The molecule has 0 heterocycles. The van der Waals surface area contributed by atoms with Gasteiger partial charge in [0.2, 0.25) is 0 Å². The Bertz CT molecular complexity index is 355. The van der Waals surface area contributed by atoms with Gasteiger partial charge in [0.25, 0.3) is 0 Å². The standard InChI is InChI=1S/C13H19N3/c1-2-16(10-11-8-9-11)13(14)15-12-6-4-3-5-7-12/h3-7,11H,2,8-10H2,1H3,(H2,14,15). The molecule has 2 N–H and O–H groups in total. The molecule has 3 nitrogen and oxygen atoms in total. The van der Waals surface area contributed by atoms with E-state index in [1.165, 1.54) is 12.8 Å². The molecule has 1 fully saturated rings. The molecule has 0 amide bonds. The number of para-hydroxylation sites is 1. The van der Waals surface area contributed by atoms with E-state index >= 15 is 0 Å². The topological polar surface area (TPSA) is 41.6 Å². The van der Waals surface area contributed by atoms with E-state index in [9.17, 15) is 0 Å². The van der Waals surface area contributed by atoms with E-state index in [1.54, 1.807) is 0 Å². The molecule has 16 heavy (non-hydrogen) atoms. The molecule has 1 aromatic rings. The predicted octanol–water partition coefficient (Wildman–Crippen LogP) is 2.36. The van der Waals surface area contributed by atoms with Crippen LogP contribution in [-0.2, 0) is 0 Å². The molecule has 1 aromatic carbocycles. The molecule has 0 unspecified atom stereocenters. The number of benzene rings is 1. The smallest absolute Gasteiger partial charge is 0.196 e. The maximum Gasteiger partial charge on any atom is 0.196 e. The van der Waals surface area contributed by atoms with Crippen LogP contribution in [0.15, 0.2) is 35.3 Å². The van der Waals surface area contributed by atoms with Crippen LogP contribution in [0.4, 0.5) is 5.69 Å². The molecule has 1 aliphatic rings. The van der Waals surface area contributed by atoms with Gasteiger partial charge in [-0.1, -0.05) is 18.2 Å². The molecule has 3 heteroatoms. The van der Waals surface area contributed by atoms with Gasteiger partial charge < -0.3 is 10.6 Å². The molecule has 0 atom stereocenters. The van der Waals surface area contributed by atoms with Gasteiger partial charge in [-0.15, -0.1) is 0 Å². The van der Waals surface area contributed by atoms with Gasteiger partial charge in [-0.3, -0.25) is 0 Å². The van der Waals surface area contributed by atoms with Crippen LogP contribution in [0.1, 0.15) is 19.8 Å². The second kappa shape index (κ2) is 5.01. The Morgan fingerprint density at radius 3 is 2.62 bits per heavy atom. The first-order valence-electron chi connectivity index (χ1n) is 5.93. The molecule has 0 aromatic heterocycles. The third kappa shape index (κ3) is 2.99. The molecule has 86 valence electrons. The van der Waals surface area contributed by atoms with Crippen molar-refractivity contribution in [3.63, 3.8) is 0 Å². The SMILES string of the molecule is CCN(CC1CC1)C(N)=Nc1ccccc1. The minimum absolute atomic E-state index is 0.639. The maximum absolute atomic E-state index is 6.01. The van der Waals surface area contributed by atoms with Crippen LogP contribution in [0.3, 0.4) is 0 Å². The largest absolute Gasteiger partial charge is 0.369 e.